The van der Waals surface area contributed by atoms with Gasteiger partial charge in [0.2, 0.25) is 0 Å². The van der Waals surface area contributed by atoms with E-state index in [1.54, 1.807) is 0 Å². The summed E-state index contributed by atoms with van der Waals surface area (Å²) in [5, 5.41) is 8.63. The highest BCUT2D eigenvalue weighted by molar-refractivity contribution is 7.81. The van der Waals surface area contributed by atoms with Crippen LogP contribution in [0.4, 0.5) is 16.8 Å². The maximum absolute atomic E-state index is 12.7. The van der Waals surface area contributed by atoms with Crippen molar-refractivity contribution in [3.8, 4) is 5.75 Å². The number of halogens is 4. The SMILES string of the molecule is Cc1c(OS(=O)(=O)F)cc(C(=O)O)cc1[B-](F)(F)F. The van der Waals surface area contributed by atoms with Gasteiger partial charge in [0, 0.05) is 0 Å². The van der Waals surface area contributed by atoms with Crippen molar-refractivity contribution in [2.24, 2.45) is 0 Å². The Morgan fingerprint density at radius 2 is 1.84 bits per heavy atom. The van der Waals surface area contributed by atoms with Crippen molar-refractivity contribution in [1.29, 1.82) is 0 Å². The van der Waals surface area contributed by atoms with Crippen LogP contribution in [0.1, 0.15) is 15.9 Å². The Bertz CT molecular complexity index is 625. The van der Waals surface area contributed by atoms with Crippen molar-refractivity contribution in [1.82, 2.24) is 0 Å². The highest BCUT2D eigenvalue weighted by Crippen LogP contribution is 2.24. The van der Waals surface area contributed by atoms with Crippen molar-refractivity contribution < 1.29 is 39.3 Å². The van der Waals surface area contributed by atoms with Crippen molar-refractivity contribution in [3.05, 3.63) is 23.3 Å². The molecule has 5 nitrogen and oxygen atoms in total. The Morgan fingerprint density at radius 3 is 2.21 bits per heavy atom. The molecule has 0 amide bonds. The van der Waals surface area contributed by atoms with Gasteiger partial charge in [-0.1, -0.05) is 9.95 Å². The molecule has 0 radical (unpaired) electrons. The fraction of sp³-hybridized carbons (Fsp3) is 0.125. The summed E-state index contributed by atoms with van der Waals surface area (Å²) in [6.07, 6.45) is 0. The van der Waals surface area contributed by atoms with Crippen LogP contribution in [0.25, 0.3) is 0 Å². The lowest BCUT2D eigenvalue weighted by molar-refractivity contribution is 0.0696. The normalized spacial score (nSPS) is 12.3. The fourth-order valence-electron chi connectivity index (χ4n) is 1.37. The first kappa shape index (κ1) is 15.3. The lowest BCUT2D eigenvalue weighted by Crippen LogP contribution is -2.37. The largest absolute Gasteiger partial charge is 0.510 e. The minimum Gasteiger partial charge on any atom is -0.478 e. The lowest BCUT2D eigenvalue weighted by Gasteiger charge is -2.20. The van der Waals surface area contributed by atoms with E-state index in [0.29, 0.717) is 12.1 Å². The van der Waals surface area contributed by atoms with Crippen molar-refractivity contribution in [3.63, 3.8) is 0 Å². The molecule has 11 heteroatoms. The van der Waals surface area contributed by atoms with Gasteiger partial charge < -0.3 is 22.2 Å². The van der Waals surface area contributed by atoms with Crippen molar-refractivity contribution >= 4 is 28.9 Å². The van der Waals surface area contributed by atoms with Crippen LogP contribution in [0, 0.1) is 6.92 Å². The van der Waals surface area contributed by atoms with E-state index >= 15 is 0 Å². The molecular weight excluding hydrogens is 295 g/mol. The molecule has 106 valence electrons. The predicted molar refractivity (Wildman–Crippen MR) is 57.5 cm³/mol. The topological polar surface area (TPSA) is 80.7 Å². The molecule has 0 fully saturated rings. The Morgan fingerprint density at radius 1 is 1.32 bits per heavy atom. The van der Waals surface area contributed by atoms with Gasteiger partial charge in [0.1, 0.15) is 5.75 Å². The van der Waals surface area contributed by atoms with Gasteiger partial charge in [-0.3, -0.25) is 0 Å². The predicted octanol–water partition coefficient (Wildman–Crippen LogP) is 1.34. The molecule has 0 heterocycles. The molecule has 0 aliphatic rings. The fourth-order valence-corrected chi connectivity index (χ4v) is 1.75. The Labute approximate surface area is 105 Å². The third kappa shape index (κ3) is 3.84. The number of carbonyl (C=O) groups is 1. The number of hydrogen-bond donors (Lipinski definition) is 1. The number of carboxylic acids is 1. The molecular formula is C8H6BF4O5S-. The van der Waals surface area contributed by atoms with E-state index in [-0.39, 0.29) is 0 Å². The Hall–Kier alpha value is -1.78. The van der Waals surface area contributed by atoms with Gasteiger partial charge in [0.05, 0.1) is 5.56 Å². The van der Waals surface area contributed by atoms with Gasteiger partial charge in [-0.25, -0.2) is 4.79 Å². The van der Waals surface area contributed by atoms with Crippen LogP contribution in [-0.4, -0.2) is 26.5 Å². The standard InChI is InChI=1S/C8H6BF4O5S/c1-4-6(9(10,11)12)2-5(8(14)15)3-7(4)18-19(13,16)17/h2-3H,1H3,(H,14,15)/q-1. The summed E-state index contributed by atoms with van der Waals surface area (Å²) in [7, 11) is -5.56. The van der Waals surface area contributed by atoms with Gasteiger partial charge in [0.15, 0.2) is 0 Å². The van der Waals surface area contributed by atoms with E-state index in [9.17, 15) is 30.0 Å². The number of carboxylic acid groups (broad SMARTS) is 1. The van der Waals surface area contributed by atoms with Crippen LogP contribution in [-0.2, 0) is 10.5 Å². The van der Waals surface area contributed by atoms with E-state index in [4.69, 9.17) is 5.11 Å². The van der Waals surface area contributed by atoms with Gasteiger partial charge in [0.25, 0.3) is 0 Å². The lowest BCUT2D eigenvalue weighted by atomic mass is 9.76. The molecule has 0 aliphatic carbocycles. The third-order valence-corrected chi connectivity index (χ3v) is 2.57. The minimum absolute atomic E-state index is 0.329. The molecule has 0 spiro atoms. The number of rotatable bonds is 4. The molecule has 1 aromatic carbocycles. The average Bonchev–Trinajstić information content (AvgIpc) is 2.16. The molecule has 0 saturated heterocycles. The van der Waals surface area contributed by atoms with Crippen LogP contribution in [0.5, 0.6) is 5.75 Å². The number of benzene rings is 1. The second-order valence-electron chi connectivity index (χ2n) is 3.54. The first-order valence-electron chi connectivity index (χ1n) is 4.63. The van der Waals surface area contributed by atoms with Crippen LogP contribution >= 0.6 is 0 Å². The van der Waals surface area contributed by atoms with E-state index in [1.165, 1.54) is 0 Å². The van der Waals surface area contributed by atoms with E-state index in [2.05, 4.69) is 4.18 Å². The maximum Gasteiger partial charge on any atom is 0.510 e. The molecule has 1 N–H and O–H groups in total. The van der Waals surface area contributed by atoms with Gasteiger partial charge in [-0.15, -0.1) is 5.46 Å². The first-order valence-corrected chi connectivity index (χ1v) is 5.94. The van der Waals surface area contributed by atoms with Crippen molar-refractivity contribution in [2.75, 3.05) is 0 Å². The van der Waals surface area contributed by atoms with Gasteiger partial charge in [-0.05, 0) is 18.6 Å². The summed E-state index contributed by atoms with van der Waals surface area (Å²) in [6.45, 7) is -4.76. The zero-order valence-corrected chi connectivity index (χ0v) is 10.0. The van der Waals surface area contributed by atoms with Gasteiger partial charge >= 0.3 is 23.5 Å². The summed E-state index contributed by atoms with van der Waals surface area (Å²) in [5.41, 5.74) is -2.93. The molecule has 0 bridgehead atoms. The van der Waals surface area contributed by atoms with Crippen LogP contribution < -0.4 is 9.65 Å². The van der Waals surface area contributed by atoms with E-state index in [1.807, 2.05) is 0 Å². The first-order chi connectivity index (χ1) is 8.42. The highest BCUT2D eigenvalue weighted by atomic mass is 32.3. The van der Waals surface area contributed by atoms with Crippen LogP contribution in [0.3, 0.4) is 0 Å². The minimum atomic E-state index is -5.61. The molecule has 0 unspecified atom stereocenters. The zero-order valence-electron chi connectivity index (χ0n) is 9.23. The summed E-state index contributed by atoms with van der Waals surface area (Å²) < 4.78 is 74.6. The van der Waals surface area contributed by atoms with Crippen LogP contribution in [0.15, 0.2) is 12.1 Å². The Balaban J connectivity index is 3.55. The maximum atomic E-state index is 12.7. The average molecular weight is 301 g/mol. The number of hydrogen-bond acceptors (Lipinski definition) is 4. The molecule has 19 heavy (non-hydrogen) atoms. The number of aromatic carboxylic acids is 1. The smallest absolute Gasteiger partial charge is 0.478 e. The second kappa shape index (κ2) is 4.72. The summed E-state index contributed by atoms with van der Waals surface area (Å²) in [4.78, 5) is 10.7. The zero-order chi connectivity index (χ0) is 15.0. The molecule has 1 aromatic rings. The quantitative estimate of drug-likeness (QED) is 0.515. The second-order valence-corrected chi connectivity index (χ2v) is 4.50. The van der Waals surface area contributed by atoms with E-state index in [0.717, 1.165) is 6.92 Å². The summed E-state index contributed by atoms with van der Waals surface area (Å²) in [5.74, 6) is -2.75. The molecule has 0 aliphatic heterocycles. The monoisotopic (exact) mass is 301 g/mol. The van der Waals surface area contributed by atoms with E-state index < -0.39 is 45.8 Å². The molecule has 1 rings (SSSR count). The summed E-state index contributed by atoms with van der Waals surface area (Å²) >= 11 is 0. The third-order valence-electron chi connectivity index (χ3n) is 2.19. The molecule has 0 saturated carbocycles. The Kier molecular flexibility index (Phi) is 3.80. The highest BCUT2D eigenvalue weighted by Gasteiger charge is 2.30. The molecule has 0 aromatic heterocycles. The van der Waals surface area contributed by atoms with Crippen molar-refractivity contribution in [2.45, 2.75) is 6.92 Å². The summed E-state index contributed by atoms with van der Waals surface area (Å²) in [6, 6.07) is 0.829. The molecule has 0 atom stereocenters. The van der Waals surface area contributed by atoms with Crippen LogP contribution in [0.2, 0.25) is 0 Å². The van der Waals surface area contributed by atoms with Gasteiger partial charge in [-0.2, -0.15) is 8.42 Å².